The van der Waals surface area contributed by atoms with E-state index in [-0.39, 0.29) is 24.6 Å². The Morgan fingerprint density at radius 2 is 1.84 bits per heavy atom. The van der Waals surface area contributed by atoms with Crippen molar-refractivity contribution in [1.29, 1.82) is 0 Å². The van der Waals surface area contributed by atoms with Gasteiger partial charge in [0.15, 0.2) is 0 Å². The molecule has 8 heteroatoms. The molecule has 4 rings (SSSR count). The van der Waals surface area contributed by atoms with Crippen LogP contribution in [0.25, 0.3) is 16.8 Å². The summed E-state index contributed by atoms with van der Waals surface area (Å²) in [6, 6.07) is 16.4. The van der Waals surface area contributed by atoms with Gasteiger partial charge in [-0.3, -0.25) is 9.59 Å². The highest BCUT2D eigenvalue weighted by molar-refractivity contribution is 5.90. The van der Waals surface area contributed by atoms with Gasteiger partial charge in [-0.25, -0.2) is 4.52 Å². The maximum absolute atomic E-state index is 13.1. The molecule has 0 aliphatic carbocycles. The van der Waals surface area contributed by atoms with E-state index in [1.165, 1.54) is 15.3 Å². The smallest absolute Gasteiger partial charge is 0.277 e. The lowest BCUT2D eigenvalue weighted by atomic mass is 10.1. The fourth-order valence-corrected chi connectivity index (χ4v) is 3.41. The summed E-state index contributed by atoms with van der Waals surface area (Å²) >= 11 is 0. The number of hydrogen-bond acceptors (Lipinski definition) is 5. The van der Waals surface area contributed by atoms with Crippen LogP contribution in [0.4, 0.5) is 5.69 Å². The van der Waals surface area contributed by atoms with Crippen molar-refractivity contribution in [3.8, 4) is 17.0 Å². The highest BCUT2D eigenvalue weighted by Gasteiger charge is 2.18. The second-order valence-electron chi connectivity index (χ2n) is 6.88. The summed E-state index contributed by atoms with van der Waals surface area (Å²) < 4.78 is 8.13. The Bertz CT molecular complexity index is 1260. The molecule has 0 spiro atoms. The van der Waals surface area contributed by atoms with E-state index >= 15 is 0 Å². The van der Waals surface area contributed by atoms with Gasteiger partial charge in [0.05, 0.1) is 18.9 Å². The number of amides is 1. The zero-order chi connectivity index (χ0) is 21.8. The van der Waals surface area contributed by atoms with Crippen molar-refractivity contribution in [2.45, 2.75) is 20.1 Å². The van der Waals surface area contributed by atoms with Crippen LogP contribution in [0, 0.1) is 0 Å². The van der Waals surface area contributed by atoms with Gasteiger partial charge in [0, 0.05) is 29.2 Å². The van der Waals surface area contributed by atoms with Crippen molar-refractivity contribution in [2.75, 3.05) is 11.9 Å². The van der Waals surface area contributed by atoms with Crippen molar-refractivity contribution >= 4 is 17.1 Å². The number of hydrogen-bond donors (Lipinski definition) is 2. The van der Waals surface area contributed by atoms with Crippen LogP contribution in [0.5, 0.6) is 5.75 Å². The fourth-order valence-electron chi connectivity index (χ4n) is 3.41. The Labute approximate surface area is 178 Å². The fraction of sp³-hybridized carbons (Fsp3) is 0.174. The summed E-state index contributed by atoms with van der Waals surface area (Å²) in [5, 5.41) is 17.2. The van der Waals surface area contributed by atoms with Crippen LogP contribution in [-0.4, -0.2) is 31.8 Å². The molecule has 8 nitrogen and oxygen atoms in total. The molecule has 0 bridgehead atoms. The maximum atomic E-state index is 13.1. The summed E-state index contributed by atoms with van der Waals surface area (Å²) in [6.07, 6.45) is 3.11. The van der Waals surface area contributed by atoms with Gasteiger partial charge in [-0.05, 0) is 31.2 Å². The lowest BCUT2D eigenvalue weighted by molar-refractivity contribution is -0.116. The molecule has 31 heavy (non-hydrogen) atoms. The number of ether oxygens (including phenoxy) is 1. The molecule has 0 radical (unpaired) electrons. The minimum absolute atomic E-state index is 0.167. The molecular weight excluding hydrogens is 396 g/mol. The van der Waals surface area contributed by atoms with E-state index in [9.17, 15) is 14.7 Å². The van der Waals surface area contributed by atoms with Crippen LogP contribution >= 0.6 is 0 Å². The van der Waals surface area contributed by atoms with Crippen LogP contribution in [-0.2, 0) is 17.9 Å². The SMILES string of the molecule is CCOc1ccc(NC(=O)Cn2ccn3nc(-c4ccccc4)c(CO)c3c2=O)cc1. The number of aliphatic hydroxyl groups is 1. The molecule has 0 aliphatic rings. The summed E-state index contributed by atoms with van der Waals surface area (Å²) in [5.41, 5.74) is 2.22. The van der Waals surface area contributed by atoms with E-state index in [1.54, 1.807) is 30.5 Å². The summed E-state index contributed by atoms with van der Waals surface area (Å²) in [5.74, 6) is 0.373. The minimum Gasteiger partial charge on any atom is -0.494 e. The third-order valence-electron chi connectivity index (χ3n) is 4.83. The van der Waals surface area contributed by atoms with Crippen molar-refractivity contribution in [3.63, 3.8) is 0 Å². The molecule has 0 saturated heterocycles. The predicted molar refractivity (Wildman–Crippen MR) is 117 cm³/mol. The first-order chi connectivity index (χ1) is 15.1. The number of carbonyl (C=O) groups is 1. The highest BCUT2D eigenvalue weighted by atomic mass is 16.5. The second-order valence-corrected chi connectivity index (χ2v) is 6.88. The Morgan fingerprint density at radius 1 is 1.10 bits per heavy atom. The first-order valence-corrected chi connectivity index (χ1v) is 9.90. The topological polar surface area (TPSA) is 97.9 Å². The zero-order valence-corrected chi connectivity index (χ0v) is 17.0. The second kappa shape index (κ2) is 8.85. The van der Waals surface area contributed by atoms with Crippen molar-refractivity contribution in [2.24, 2.45) is 0 Å². The van der Waals surface area contributed by atoms with Crippen LogP contribution in [0.15, 0.2) is 71.8 Å². The molecule has 4 aromatic rings. The van der Waals surface area contributed by atoms with E-state index in [0.717, 1.165) is 5.56 Å². The largest absolute Gasteiger partial charge is 0.494 e. The maximum Gasteiger partial charge on any atom is 0.277 e. The number of anilines is 1. The van der Waals surface area contributed by atoms with E-state index in [4.69, 9.17) is 4.74 Å². The molecule has 158 valence electrons. The molecule has 2 heterocycles. The average Bonchev–Trinajstić information content (AvgIpc) is 3.17. The third kappa shape index (κ3) is 4.19. The molecule has 0 aliphatic heterocycles. The van der Waals surface area contributed by atoms with Gasteiger partial charge in [-0.1, -0.05) is 30.3 Å². The average molecular weight is 418 g/mol. The molecule has 1 amide bonds. The number of fused-ring (bicyclic) bond motifs is 1. The molecule has 2 aromatic heterocycles. The molecule has 0 atom stereocenters. The Kier molecular flexibility index (Phi) is 5.81. The van der Waals surface area contributed by atoms with E-state index in [2.05, 4.69) is 10.4 Å². The molecular formula is C23H22N4O4. The van der Waals surface area contributed by atoms with Crippen LogP contribution in [0.2, 0.25) is 0 Å². The number of rotatable bonds is 7. The van der Waals surface area contributed by atoms with Crippen molar-refractivity contribution in [1.82, 2.24) is 14.2 Å². The summed E-state index contributed by atoms with van der Waals surface area (Å²) in [6.45, 7) is 1.95. The molecule has 2 aromatic carbocycles. The Hall–Kier alpha value is -3.91. The Morgan fingerprint density at radius 3 is 2.52 bits per heavy atom. The number of aliphatic hydroxyl groups excluding tert-OH is 1. The number of aromatic nitrogens is 3. The number of nitrogens with one attached hydrogen (secondary N) is 1. The normalized spacial score (nSPS) is 10.9. The van der Waals surface area contributed by atoms with Crippen LogP contribution in [0.3, 0.4) is 0 Å². The predicted octanol–water partition coefficient (Wildman–Crippen LogP) is 2.69. The van der Waals surface area contributed by atoms with Gasteiger partial charge in [0.25, 0.3) is 5.56 Å². The molecule has 0 saturated carbocycles. The zero-order valence-electron chi connectivity index (χ0n) is 17.0. The minimum atomic E-state index is -0.400. The molecule has 0 fully saturated rings. The van der Waals surface area contributed by atoms with Gasteiger partial charge in [-0.15, -0.1) is 0 Å². The lowest BCUT2D eigenvalue weighted by Crippen LogP contribution is -2.28. The third-order valence-corrected chi connectivity index (χ3v) is 4.83. The highest BCUT2D eigenvalue weighted by Crippen LogP contribution is 2.24. The monoisotopic (exact) mass is 418 g/mol. The first kappa shape index (κ1) is 20.4. The van der Waals surface area contributed by atoms with Gasteiger partial charge < -0.3 is 19.7 Å². The van der Waals surface area contributed by atoms with E-state index < -0.39 is 5.56 Å². The number of nitrogens with zero attached hydrogens (tertiary/aromatic N) is 3. The first-order valence-electron chi connectivity index (χ1n) is 9.90. The van der Waals surface area contributed by atoms with Crippen LogP contribution < -0.4 is 15.6 Å². The number of carbonyl (C=O) groups excluding carboxylic acids is 1. The summed E-state index contributed by atoms with van der Waals surface area (Å²) in [4.78, 5) is 25.5. The summed E-state index contributed by atoms with van der Waals surface area (Å²) in [7, 11) is 0. The van der Waals surface area contributed by atoms with Gasteiger partial charge in [0.1, 0.15) is 17.8 Å². The van der Waals surface area contributed by atoms with Gasteiger partial charge >= 0.3 is 0 Å². The Balaban J connectivity index is 1.60. The van der Waals surface area contributed by atoms with Gasteiger partial charge in [-0.2, -0.15) is 5.10 Å². The van der Waals surface area contributed by atoms with E-state index in [0.29, 0.717) is 29.3 Å². The van der Waals surface area contributed by atoms with Crippen molar-refractivity contribution in [3.05, 3.63) is 82.9 Å². The van der Waals surface area contributed by atoms with E-state index in [1.807, 2.05) is 37.3 Å². The standard InChI is InChI=1S/C23H22N4O4/c1-2-31-18-10-8-17(9-11-18)24-20(29)14-26-12-13-27-22(23(26)30)19(15-28)21(25-27)16-6-4-3-5-7-16/h3-13,28H,2,14-15H2,1H3,(H,24,29). The van der Waals surface area contributed by atoms with Crippen LogP contribution in [0.1, 0.15) is 12.5 Å². The number of benzene rings is 2. The molecule has 2 N–H and O–H groups in total. The van der Waals surface area contributed by atoms with Gasteiger partial charge in [0.2, 0.25) is 5.91 Å². The molecule has 0 unspecified atom stereocenters. The van der Waals surface area contributed by atoms with Crippen molar-refractivity contribution < 1.29 is 14.6 Å². The quantitative estimate of drug-likeness (QED) is 0.481. The lowest BCUT2D eigenvalue weighted by Gasteiger charge is -2.09.